The normalized spacial score (nSPS) is 15.8. The smallest absolute Gasteiger partial charge is 0.463 e. The molecular weight excluding hydrogens is 914 g/mol. The lowest BCUT2D eigenvalue weighted by atomic mass is 10.1. The van der Waals surface area contributed by atoms with Crippen molar-refractivity contribution >= 4 is 27.6 Å². The Morgan fingerprint density at radius 3 is 1.10 bits per heavy atom. The number of unbranched alkanes of at least 4 members (excludes halogenated alkanes) is 10. The van der Waals surface area contributed by atoms with E-state index in [0.29, 0.717) is 19.3 Å². The molecular formula is C51H86O15P2. The van der Waals surface area contributed by atoms with Gasteiger partial charge >= 0.3 is 27.6 Å². The highest BCUT2D eigenvalue weighted by Gasteiger charge is 2.28. The molecule has 0 spiro atoms. The summed E-state index contributed by atoms with van der Waals surface area (Å²) in [7, 11) is -9.61. The van der Waals surface area contributed by atoms with Gasteiger partial charge in [-0.2, -0.15) is 0 Å². The molecule has 0 bridgehead atoms. The van der Waals surface area contributed by atoms with E-state index < -0.39 is 85.5 Å². The average molecular weight is 1000 g/mol. The Balaban J connectivity index is 3.98. The van der Waals surface area contributed by atoms with Gasteiger partial charge in [0.15, 0.2) is 0 Å². The number of aliphatic hydroxyl groups is 3. The summed E-state index contributed by atoms with van der Waals surface area (Å²) >= 11 is 0. The van der Waals surface area contributed by atoms with Crippen LogP contribution in [0.2, 0.25) is 0 Å². The van der Waals surface area contributed by atoms with Gasteiger partial charge in [0.1, 0.15) is 31.5 Å². The number of phosphoric acid groups is 2. The number of hydrogen-bond donors (Lipinski definition) is 5. The van der Waals surface area contributed by atoms with Crippen LogP contribution in [-0.4, -0.2) is 95.0 Å². The van der Waals surface area contributed by atoms with Gasteiger partial charge in [0.2, 0.25) is 0 Å². The van der Waals surface area contributed by atoms with Gasteiger partial charge in [-0.3, -0.25) is 27.7 Å². The Morgan fingerprint density at radius 1 is 0.397 bits per heavy atom. The lowest BCUT2D eigenvalue weighted by Gasteiger charge is -2.19. The Labute approximate surface area is 408 Å². The topological polar surface area (TPSA) is 225 Å². The summed E-state index contributed by atoms with van der Waals surface area (Å²) in [5, 5.41) is 30.0. The number of aliphatic hydroxyl groups excluding tert-OH is 3. The molecule has 0 aromatic carbocycles. The van der Waals surface area contributed by atoms with Gasteiger partial charge in [0.25, 0.3) is 0 Å². The second-order valence-corrected chi connectivity index (χ2v) is 19.0. The fourth-order valence-electron chi connectivity index (χ4n) is 5.74. The molecule has 390 valence electrons. The highest BCUT2D eigenvalue weighted by Crippen LogP contribution is 2.45. The maximum Gasteiger partial charge on any atom is 0.472 e. The molecule has 5 N–H and O–H groups in total. The minimum Gasteiger partial charge on any atom is -0.463 e. The standard InChI is InChI=1S/C51H86O15P2/c1-3-5-7-9-11-13-15-17-19-21-22-24-26-28-30-32-34-36-38-40-51(56)62-42-48(53)44-64-68(59,60)66-46-49(54)45-65-67(57,58)63-43-47(52)41-61-50(55)39-37-35-33-31-29-27-25-23-20-18-16-14-12-10-8-6-4-2/h5,7,11-14,17-20,22,24,28,30,34,36,47-49,52-54H,3-4,6,8-10,15-16,21,23,25-27,29,31-33,35,37-46H2,1-2H3,(H,57,58)(H,59,60)/b7-5-,13-11-,14-12-,19-17-,20-18-,24-22-,30-28-,36-34-. The summed E-state index contributed by atoms with van der Waals surface area (Å²) in [6, 6.07) is 0. The molecule has 0 aliphatic heterocycles. The van der Waals surface area contributed by atoms with Crippen LogP contribution < -0.4 is 0 Å². The van der Waals surface area contributed by atoms with Crippen molar-refractivity contribution in [2.45, 2.75) is 173 Å². The number of carbonyl (C=O) groups excluding carboxylic acids is 2. The van der Waals surface area contributed by atoms with Crippen molar-refractivity contribution in [1.29, 1.82) is 0 Å². The van der Waals surface area contributed by atoms with Crippen LogP contribution in [0.5, 0.6) is 0 Å². The van der Waals surface area contributed by atoms with E-state index >= 15 is 0 Å². The van der Waals surface area contributed by atoms with Crippen molar-refractivity contribution in [2.75, 3.05) is 39.6 Å². The number of esters is 2. The fourth-order valence-corrected chi connectivity index (χ4v) is 7.33. The minimum atomic E-state index is -4.81. The summed E-state index contributed by atoms with van der Waals surface area (Å²) in [5.74, 6) is -1.09. The number of carbonyl (C=O) groups is 2. The lowest BCUT2D eigenvalue weighted by Crippen LogP contribution is -2.25. The molecule has 0 amide bonds. The average Bonchev–Trinajstić information content (AvgIpc) is 3.31. The Morgan fingerprint density at radius 2 is 0.706 bits per heavy atom. The van der Waals surface area contributed by atoms with E-state index in [-0.39, 0.29) is 12.8 Å². The first-order valence-corrected chi connectivity index (χ1v) is 27.6. The van der Waals surface area contributed by atoms with Crippen LogP contribution >= 0.6 is 15.6 Å². The molecule has 0 saturated heterocycles. The first kappa shape index (κ1) is 65.0. The van der Waals surface area contributed by atoms with Crippen LogP contribution in [0.1, 0.15) is 155 Å². The molecule has 5 atom stereocenters. The van der Waals surface area contributed by atoms with Crippen molar-refractivity contribution in [1.82, 2.24) is 0 Å². The van der Waals surface area contributed by atoms with E-state index in [4.69, 9.17) is 9.47 Å². The third kappa shape index (κ3) is 48.0. The van der Waals surface area contributed by atoms with Crippen molar-refractivity contribution in [3.05, 3.63) is 97.2 Å². The third-order valence-electron chi connectivity index (χ3n) is 9.54. The first-order chi connectivity index (χ1) is 32.8. The molecule has 0 aliphatic rings. The maximum atomic E-state index is 12.2. The van der Waals surface area contributed by atoms with Gasteiger partial charge in [0, 0.05) is 12.8 Å². The predicted molar refractivity (Wildman–Crippen MR) is 269 cm³/mol. The molecule has 15 nitrogen and oxygen atoms in total. The van der Waals surface area contributed by atoms with Crippen LogP contribution in [0.4, 0.5) is 0 Å². The maximum absolute atomic E-state index is 12.2. The van der Waals surface area contributed by atoms with Crippen LogP contribution in [0.15, 0.2) is 97.2 Å². The van der Waals surface area contributed by atoms with Crippen LogP contribution in [0.25, 0.3) is 0 Å². The van der Waals surface area contributed by atoms with Crippen molar-refractivity contribution in [2.24, 2.45) is 0 Å². The van der Waals surface area contributed by atoms with Crippen molar-refractivity contribution < 1.29 is 71.4 Å². The molecule has 0 aromatic rings. The van der Waals surface area contributed by atoms with Crippen LogP contribution in [0, 0.1) is 0 Å². The minimum absolute atomic E-state index is 0.0663. The van der Waals surface area contributed by atoms with Gasteiger partial charge in [-0.05, 0) is 83.5 Å². The van der Waals surface area contributed by atoms with E-state index in [1.807, 2.05) is 18.2 Å². The van der Waals surface area contributed by atoms with E-state index in [1.54, 1.807) is 0 Å². The monoisotopic (exact) mass is 1000 g/mol. The summed E-state index contributed by atoms with van der Waals surface area (Å²) in [4.78, 5) is 43.8. The lowest BCUT2D eigenvalue weighted by molar-refractivity contribution is -0.148. The molecule has 0 fully saturated rings. The zero-order valence-electron chi connectivity index (χ0n) is 41.0. The number of hydrogen-bond acceptors (Lipinski definition) is 13. The van der Waals surface area contributed by atoms with E-state index in [0.717, 1.165) is 70.6 Å². The molecule has 5 unspecified atom stereocenters. The molecule has 68 heavy (non-hydrogen) atoms. The SMILES string of the molecule is CC/C=C\C/C=C\C/C=C\C/C=C\C/C=C\C/C=C\CCC(=O)OCC(O)COP(=O)(O)OCC(O)COP(=O)(O)OCC(O)COC(=O)CCCCCCCCC/C=C\C/C=C\CCCCC. The molecule has 0 heterocycles. The van der Waals surface area contributed by atoms with Gasteiger partial charge in [-0.15, -0.1) is 0 Å². The Hall–Kier alpha value is -3.04. The summed E-state index contributed by atoms with van der Waals surface area (Å²) < 4.78 is 52.9. The Bertz CT molecular complexity index is 1590. The highest BCUT2D eigenvalue weighted by atomic mass is 31.2. The van der Waals surface area contributed by atoms with E-state index in [1.165, 1.54) is 38.5 Å². The largest absolute Gasteiger partial charge is 0.472 e. The number of phosphoric ester groups is 2. The molecule has 0 aromatic heterocycles. The molecule has 0 rings (SSSR count). The quantitative estimate of drug-likeness (QED) is 0.0165. The molecule has 0 radical (unpaired) electrons. The fraction of sp³-hybridized carbons (Fsp3) is 0.647. The predicted octanol–water partition coefficient (Wildman–Crippen LogP) is 11.5. The van der Waals surface area contributed by atoms with Crippen LogP contribution in [-0.2, 0) is 46.3 Å². The Kier molecular flexibility index (Phi) is 44.3. The second-order valence-electron chi connectivity index (χ2n) is 16.1. The third-order valence-corrected chi connectivity index (χ3v) is 11.4. The molecule has 0 aliphatic carbocycles. The number of allylic oxidation sites excluding steroid dienone is 16. The zero-order valence-corrected chi connectivity index (χ0v) is 42.8. The van der Waals surface area contributed by atoms with Crippen molar-refractivity contribution in [3.8, 4) is 0 Å². The van der Waals surface area contributed by atoms with E-state index in [2.05, 4.69) is 111 Å². The van der Waals surface area contributed by atoms with Gasteiger partial charge < -0.3 is 34.6 Å². The molecule has 0 saturated carbocycles. The van der Waals surface area contributed by atoms with Gasteiger partial charge in [-0.1, -0.05) is 156 Å². The summed E-state index contributed by atoms with van der Waals surface area (Å²) in [6.45, 7) is 0.162. The summed E-state index contributed by atoms with van der Waals surface area (Å²) in [6.07, 6.45) is 49.8. The summed E-state index contributed by atoms with van der Waals surface area (Å²) in [5.41, 5.74) is 0. The number of rotatable bonds is 46. The van der Waals surface area contributed by atoms with Crippen molar-refractivity contribution in [3.63, 3.8) is 0 Å². The highest BCUT2D eigenvalue weighted by molar-refractivity contribution is 7.47. The molecule has 17 heteroatoms. The van der Waals surface area contributed by atoms with Gasteiger partial charge in [0.05, 0.1) is 26.4 Å². The number of ether oxygens (including phenoxy) is 2. The first-order valence-electron chi connectivity index (χ1n) is 24.6. The van der Waals surface area contributed by atoms with Crippen LogP contribution in [0.3, 0.4) is 0 Å². The van der Waals surface area contributed by atoms with E-state index in [9.17, 15) is 43.8 Å². The zero-order chi connectivity index (χ0) is 50.2. The second kappa shape index (κ2) is 46.3. The van der Waals surface area contributed by atoms with Gasteiger partial charge in [-0.25, -0.2) is 9.13 Å².